The van der Waals surface area contributed by atoms with Crippen LogP contribution in [0.4, 0.5) is 0 Å². The minimum Gasteiger partial charge on any atom is -0.328 e. The summed E-state index contributed by atoms with van der Waals surface area (Å²) in [6.07, 6.45) is 3.82. The maximum atomic E-state index is 11.8. The SMILES string of the molecule is CCC(C)n1ccc(CS(=O)CCC(C)N)n1. The van der Waals surface area contributed by atoms with Gasteiger partial charge in [0.1, 0.15) is 0 Å². The van der Waals surface area contributed by atoms with Gasteiger partial charge in [-0.15, -0.1) is 0 Å². The fourth-order valence-electron chi connectivity index (χ4n) is 1.44. The first-order chi connectivity index (χ1) is 8.02. The summed E-state index contributed by atoms with van der Waals surface area (Å²) in [6, 6.07) is 2.48. The Bertz CT molecular complexity index is 362. The van der Waals surface area contributed by atoms with Crippen molar-refractivity contribution in [1.29, 1.82) is 0 Å². The van der Waals surface area contributed by atoms with Crippen molar-refractivity contribution in [3.8, 4) is 0 Å². The van der Waals surface area contributed by atoms with Gasteiger partial charge in [-0.3, -0.25) is 8.89 Å². The van der Waals surface area contributed by atoms with E-state index in [1.165, 1.54) is 0 Å². The van der Waals surface area contributed by atoms with Crippen LogP contribution >= 0.6 is 0 Å². The van der Waals surface area contributed by atoms with Crippen LogP contribution in [0.3, 0.4) is 0 Å². The van der Waals surface area contributed by atoms with Crippen molar-refractivity contribution in [3.05, 3.63) is 18.0 Å². The smallest absolute Gasteiger partial charge is 0.0749 e. The fourth-order valence-corrected chi connectivity index (χ4v) is 2.70. The maximum absolute atomic E-state index is 11.8. The van der Waals surface area contributed by atoms with Crippen molar-refractivity contribution in [2.45, 2.75) is 51.4 Å². The first-order valence-electron chi connectivity index (χ1n) is 6.17. The zero-order valence-corrected chi connectivity index (χ0v) is 11.7. The molecule has 1 heterocycles. The Morgan fingerprint density at radius 3 is 2.82 bits per heavy atom. The van der Waals surface area contributed by atoms with Crippen LogP contribution in [-0.2, 0) is 16.6 Å². The van der Waals surface area contributed by atoms with E-state index in [9.17, 15) is 4.21 Å². The molecule has 0 aromatic carbocycles. The summed E-state index contributed by atoms with van der Waals surface area (Å²) < 4.78 is 13.7. The Hall–Kier alpha value is -0.680. The van der Waals surface area contributed by atoms with Gasteiger partial charge in [-0.2, -0.15) is 5.10 Å². The summed E-state index contributed by atoms with van der Waals surface area (Å²) >= 11 is 0. The average molecular weight is 257 g/mol. The second kappa shape index (κ2) is 6.91. The summed E-state index contributed by atoms with van der Waals surface area (Å²) in [7, 11) is -0.849. The molecule has 5 heteroatoms. The molecule has 0 saturated heterocycles. The van der Waals surface area contributed by atoms with Gasteiger partial charge in [-0.05, 0) is 32.8 Å². The van der Waals surface area contributed by atoms with Gasteiger partial charge in [0.05, 0.1) is 11.4 Å². The standard InChI is InChI=1S/C12H23N3OS/c1-4-11(3)15-7-5-12(14-15)9-17(16)8-6-10(2)13/h5,7,10-11H,4,6,8-9,13H2,1-3H3. The van der Waals surface area contributed by atoms with E-state index in [1.54, 1.807) is 0 Å². The molecule has 1 aromatic rings. The summed E-state index contributed by atoms with van der Waals surface area (Å²) in [4.78, 5) is 0. The van der Waals surface area contributed by atoms with E-state index in [2.05, 4.69) is 18.9 Å². The molecule has 2 N–H and O–H groups in total. The molecule has 98 valence electrons. The predicted octanol–water partition coefficient (Wildman–Crippen LogP) is 1.84. The fraction of sp³-hybridized carbons (Fsp3) is 0.750. The van der Waals surface area contributed by atoms with E-state index in [1.807, 2.05) is 23.9 Å². The number of aromatic nitrogens is 2. The molecule has 0 bridgehead atoms. The number of nitrogens with zero attached hydrogens (tertiary/aromatic N) is 2. The third kappa shape index (κ3) is 5.00. The molecule has 0 amide bonds. The van der Waals surface area contributed by atoms with Gasteiger partial charge in [-0.25, -0.2) is 0 Å². The number of rotatable bonds is 7. The van der Waals surface area contributed by atoms with Gasteiger partial charge in [0, 0.05) is 34.8 Å². The second-order valence-corrected chi connectivity index (χ2v) is 6.18. The quantitative estimate of drug-likeness (QED) is 0.811. The monoisotopic (exact) mass is 257 g/mol. The van der Waals surface area contributed by atoms with Crippen molar-refractivity contribution in [1.82, 2.24) is 9.78 Å². The number of hydrogen-bond donors (Lipinski definition) is 1. The Morgan fingerprint density at radius 2 is 2.24 bits per heavy atom. The van der Waals surface area contributed by atoms with Crippen LogP contribution in [-0.4, -0.2) is 25.8 Å². The molecule has 0 aliphatic heterocycles. The maximum Gasteiger partial charge on any atom is 0.0749 e. The minimum atomic E-state index is -0.849. The normalized spacial score (nSPS) is 16.7. The van der Waals surface area contributed by atoms with Gasteiger partial charge < -0.3 is 5.73 Å². The van der Waals surface area contributed by atoms with Crippen molar-refractivity contribution in [2.24, 2.45) is 5.73 Å². The zero-order chi connectivity index (χ0) is 12.8. The van der Waals surface area contributed by atoms with Gasteiger partial charge in [0.2, 0.25) is 0 Å². The topological polar surface area (TPSA) is 60.9 Å². The molecule has 3 atom stereocenters. The average Bonchev–Trinajstić information content (AvgIpc) is 2.73. The van der Waals surface area contributed by atoms with E-state index in [4.69, 9.17) is 5.73 Å². The molecule has 3 unspecified atom stereocenters. The van der Waals surface area contributed by atoms with Crippen molar-refractivity contribution in [3.63, 3.8) is 0 Å². The van der Waals surface area contributed by atoms with E-state index >= 15 is 0 Å². The third-order valence-corrected chi connectivity index (χ3v) is 4.12. The number of nitrogens with two attached hydrogens (primary N) is 1. The highest BCUT2D eigenvalue weighted by molar-refractivity contribution is 7.84. The molecule has 1 aromatic heterocycles. The highest BCUT2D eigenvalue weighted by atomic mass is 32.2. The third-order valence-electron chi connectivity index (χ3n) is 2.82. The van der Waals surface area contributed by atoms with Crippen LogP contribution < -0.4 is 5.73 Å². The highest BCUT2D eigenvalue weighted by Crippen LogP contribution is 2.10. The lowest BCUT2D eigenvalue weighted by molar-refractivity contribution is 0.475. The van der Waals surface area contributed by atoms with E-state index in [0.717, 1.165) is 18.5 Å². The second-order valence-electron chi connectivity index (χ2n) is 4.60. The largest absolute Gasteiger partial charge is 0.328 e. The first kappa shape index (κ1) is 14.4. The van der Waals surface area contributed by atoms with Crippen LogP contribution in [0.5, 0.6) is 0 Å². The van der Waals surface area contributed by atoms with Gasteiger partial charge >= 0.3 is 0 Å². The van der Waals surface area contributed by atoms with E-state index in [-0.39, 0.29) is 6.04 Å². The molecule has 4 nitrogen and oxygen atoms in total. The molecule has 1 rings (SSSR count). The lowest BCUT2D eigenvalue weighted by Gasteiger charge is -2.08. The lowest BCUT2D eigenvalue weighted by atomic mass is 10.3. The van der Waals surface area contributed by atoms with Crippen molar-refractivity contribution in [2.75, 3.05) is 5.75 Å². The van der Waals surface area contributed by atoms with E-state index < -0.39 is 10.8 Å². The van der Waals surface area contributed by atoms with Crippen LogP contribution in [0.15, 0.2) is 12.3 Å². The highest BCUT2D eigenvalue weighted by Gasteiger charge is 2.08. The van der Waals surface area contributed by atoms with Crippen LogP contribution in [0, 0.1) is 0 Å². The predicted molar refractivity (Wildman–Crippen MR) is 72.2 cm³/mol. The van der Waals surface area contributed by atoms with Gasteiger partial charge in [0.25, 0.3) is 0 Å². The Labute approximate surface area is 106 Å². The summed E-state index contributed by atoms with van der Waals surface area (Å²) in [6.45, 7) is 6.20. The Balaban J connectivity index is 2.46. The molecular formula is C12H23N3OS. The summed E-state index contributed by atoms with van der Waals surface area (Å²) in [5.74, 6) is 1.20. The molecular weight excluding hydrogens is 234 g/mol. The molecule has 0 aliphatic rings. The number of hydrogen-bond acceptors (Lipinski definition) is 3. The van der Waals surface area contributed by atoms with Crippen LogP contribution in [0.2, 0.25) is 0 Å². The van der Waals surface area contributed by atoms with Crippen LogP contribution in [0.1, 0.15) is 45.3 Å². The molecule has 0 saturated carbocycles. The minimum absolute atomic E-state index is 0.122. The molecule has 0 fully saturated rings. The lowest BCUT2D eigenvalue weighted by Crippen LogP contribution is -2.18. The van der Waals surface area contributed by atoms with Crippen molar-refractivity contribution < 1.29 is 4.21 Å². The van der Waals surface area contributed by atoms with E-state index in [0.29, 0.717) is 17.5 Å². The summed E-state index contributed by atoms with van der Waals surface area (Å²) in [5.41, 5.74) is 6.55. The Morgan fingerprint density at radius 1 is 1.53 bits per heavy atom. The van der Waals surface area contributed by atoms with Crippen LogP contribution in [0.25, 0.3) is 0 Å². The molecule has 0 radical (unpaired) electrons. The van der Waals surface area contributed by atoms with Gasteiger partial charge in [-0.1, -0.05) is 6.92 Å². The molecule has 0 spiro atoms. The summed E-state index contributed by atoms with van der Waals surface area (Å²) in [5, 5.41) is 4.44. The molecule has 17 heavy (non-hydrogen) atoms. The Kier molecular flexibility index (Phi) is 5.85. The van der Waals surface area contributed by atoms with Gasteiger partial charge in [0.15, 0.2) is 0 Å². The first-order valence-corrected chi connectivity index (χ1v) is 7.66. The zero-order valence-electron chi connectivity index (χ0n) is 10.9. The molecule has 0 aliphatic carbocycles. The van der Waals surface area contributed by atoms with Crippen molar-refractivity contribution >= 4 is 10.8 Å².